The molecule has 1 heterocycles. The average molecular weight is 219 g/mol. The summed E-state index contributed by atoms with van der Waals surface area (Å²) < 4.78 is 0. The van der Waals surface area contributed by atoms with Crippen LogP contribution in [0.25, 0.3) is 0 Å². The number of fused-ring (bicyclic) bond motifs is 1. The normalized spacial score (nSPS) is 15.7. The molecule has 1 N–H and O–H groups in total. The minimum Gasteiger partial charge on any atom is -0.396 e. The zero-order valence-corrected chi connectivity index (χ0v) is 9.86. The van der Waals surface area contributed by atoms with Crippen LogP contribution in [0.5, 0.6) is 0 Å². The van der Waals surface area contributed by atoms with Gasteiger partial charge in [0.15, 0.2) is 0 Å². The lowest BCUT2D eigenvalue weighted by molar-refractivity contribution is 0.285. The molecular formula is C14H21NO. The second-order valence-corrected chi connectivity index (χ2v) is 4.50. The second-order valence-electron chi connectivity index (χ2n) is 4.50. The fourth-order valence-electron chi connectivity index (χ4n) is 2.42. The maximum atomic E-state index is 8.83. The first-order valence-corrected chi connectivity index (χ1v) is 6.35. The summed E-state index contributed by atoms with van der Waals surface area (Å²) >= 11 is 0. The summed E-state index contributed by atoms with van der Waals surface area (Å²) in [7, 11) is 0. The molecule has 0 radical (unpaired) electrons. The fourth-order valence-corrected chi connectivity index (χ4v) is 2.42. The molecule has 16 heavy (non-hydrogen) atoms. The van der Waals surface area contributed by atoms with Gasteiger partial charge in [-0.1, -0.05) is 18.2 Å². The smallest absolute Gasteiger partial charge is 0.0431 e. The molecule has 88 valence electrons. The topological polar surface area (TPSA) is 23.5 Å². The average Bonchev–Trinajstić information content (AvgIpc) is 2.52. The van der Waals surface area contributed by atoms with Gasteiger partial charge in [-0.2, -0.15) is 0 Å². The number of hydrogen-bond donors (Lipinski definition) is 1. The van der Waals surface area contributed by atoms with Crippen LogP contribution in [0.1, 0.15) is 31.2 Å². The van der Waals surface area contributed by atoms with Gasteiger partial charge in [-0.05, 0) is 43.7 Å². The number of nitrogens with zero attached hydrogens (tertiary/aromatic N) is 1. The number of para-hydroxylation sites is 1. The number of aryl methyl sites for hydroxylation is 1. The highest BCUT2D eigenvalue weighted by Crippen LogP contribution is 2.26. The van der Waals surface area contributed by atoms with Crippen molar-refractivity contribution in [1.82, 2.24) is 0 Å². The Kier molecular flexibility index (Phi) is 4.23. The van der Waals surface area contributed by atoms with Gasteiger partial charge in [0.05, 0.1) is 0 Å². The van der Waals surface area contributed by atoms with Crippen LogP contribution in [-0.4, -0.2) is 24.8 Å². The predicted octanol–water partition coefficient (Wildman–Crippen LogP) is 2.60. The lowest BCUT2D eigenvalue weighted by Gasteiger charge is -2.24. The SMILES string of the molecule is OCCCCN1CCCCc2ccccc21. The van der Waals surface area contributed by atoms with Crippen molar-refractivity contribution in [3.8, 4) is 0 Å². The second kappa shape index (κ2) is 5.90. The molecule has 0 fully saturated rings. The van der Waals surface area contributed by atoms with Crippen LogP contribution in [0.15, 0.2) is 24.3 Å². The Morgan fingerprint density at radius 1 is 1.12 bits per heavy atom. The molecular weight excluding hydrogens is 198 g/mol. The minimum absolute atomic E-state index is 0.315. The van der Waals surface area contributed by atoms with Crippen LogP contribution in [0.3, 0.4) is 0 Å². The van der Waals surface area contributed by atoms with Crippen LogP contribution in [0.4, 0.5) is 5.69 Å². The first-order valence-electron chi connectivity index (χ1n) is 6.35. The summed E-state index contributed by atoms with van der Waals surface area (Å²) in [4.78, 5) is 2.48. The van der Waals surface area contributed by atoms with Gasteiger partial charge in [-0.25, -0.2) is 0 Å². The molecule has 0 aliphatic carbocycles. The number of anilines is 1. The van der Waals surface area contributed by atoms with E-state index in [9.17, 15) is 0 Å². The Balaban J connectivity index is 2.06. The summed E-state index contributed by atoms with van der Waals surface area (Å²) in [5.74, 6) is 0. The molecule has 0 aromatic heterocycles. The van der Waals surface area contributed by atoms with Crippen LogP contribution in [-0.2, 0) is 6.42 Å². The zero-order valence-electron chi connectivity index (χ0n) is 9.86. The Labute approximate surface area is 97.9 Å². The Morgan fingerprint density at radius 3 is 2.88 bits per heavy atom. The predicted molar refractivity (Wildman–Crippen MR) is 67.9 cm³/mol. The van der Waals surface area contributed by atoms with Gasteiger partial charge in [-0.15, -0.1) is 0 Å². The summed E-state index contributed by atoms with van der Waals surface area (Å²) in [5, 5.41) is 8.83. The van der Waals surface area contributed by atoms with Gasteiger partial charge < -0.3 is 10.0 Å². The first kappa shape index (κ1) is 11.5. The lowest BCUT2D eigenvalue weighted by atomic mass is 10.1. The van der Waals surface area contributed by atoms with E-state index in [0.29, 0.717) is 6.61 Å². The Morgan fingerprint density at radius 2 is 2.00 bits per heavy atom. The van der Waals surface area contributed by atoms with Gasteiger partial charge in [0, 0.05) is 25.4 Å². The van der Waals surface area contributed by atoms with E-state index in [4.69, 9.17) is 5.11 Å². The number of unbranched alkanes of at least 4 members (excludes halogenated alkanes) is 1. The monoisotopic (exact) mass is 219 g/mol. The molecule has 0 bridgehead atoms. The van der Waals surface area contributed by atoms with Crippen molar-refractivity contribution in [3.63, 3.8) is 0 Å². The van der Waals surface area contributed by atoms with E-state index in [1.807, 2.05) is 0 Å². The highest BCUT2D eigenvalue weighted by atomic mass is 16.2. The lowest BCUT2D eigenvalue weighted by Crippen LogP contribution is -2.25. The number of aliphatic hydroxyl groups excluding tert-OH is 1. The molecule has 0 unspecified atom stereocenters. The quantitative estimate of drug-likeness (QED) is 0.787. The van der Waals surface area contributed by atoms with Crippen molar-refractivity contribution >= 4 is 5.69 Å². The Bertz CT molecular complexity index is 324. The van der Waals surface area contributed by atoms with Gasteiger partial charge in [0.1, 0.15) is 0 Å². The van der Waals surface area contributed by atoms with Gasteiger partial charge in [0.2, 0.25) is 0 Å². The first-order chi connectivity index (χ1) is 7.92. The number of aliphatic hydroxyl groups is 1. The van der Waals surface area contributed by atoms with E-state index in [0.717, 1.165) is 19.4 Å². The molecule has 0 spiro atoms. The van der Waals surface area contributed by atoms with Crippen molar-refractivity contribution in [2.75, 3.05) is 24.6 Å². The van der Waals surface area contributed by atoms with Crippen molar-refractivity contribution in [2.24, 2.45) is 0 Å². The molecule has 1 aliphatic heterocycles. The van der Waals surface area contributed by atoms with Gasteiger partial charge in [0.25, 0.3) is 0 Å². The number of rotatable bonds is 4. The van der Waals surface area contributed by atoms with E-state index in [1.54, 1.807) is 0 Å². The van der Waals surface area contributed by atoms with E-state index in [-0.39, 0.29) is 0 Å². The molecule has 1 aromatic rings. The third kappa shape index (κ3) is 2.76. The van der Waals surface area contributed by atoms with Crippen LogP contribution >= 0.6 is 0 Å². The highest BCUT2D eigenvalue weighted by Gasteiger charge is 2.13. The van der Waals surface area contributed by atoms with Crippen molar-refractivity contribution < 1.29 is 5.11 Å². The molecule has 0 saturated heterocycles. The third-order valence-corrected chi connectivity index (χ3v) is 3.29. The van der Waals surface area contributed by atoms with Crippen molar-refractivity contribution in [3.05, 3.63) is 29.8 Å². The van der Waals surface area contributed by atoms with Gasteiger partial charge in [-0.3, -0.25) is 0 Å². The summed E-state index contributed by atoms with van der Waals surface area (Å²) in [5.41, 5.74) is 2.90. The molecule has 2 heteroatoms. The fraction of sp³-hybridized carbons (Fsp3) is 0.571. The van der Waals surface area contributed by atoms with Crippen LogP contribution in [0.2, 0.25) is 0 Å². The van der Waals surface area contributed by atoms with E-state index >= 15 is 0 Å². The molecule has 1 aromatic carbocycles. The summed E-state index contributed by atoms with van der Waals surface area (Å²) in [6.07, 6.45) is 5.80. The zero-order chi connectivity index (χ0) is 11.2. The highest BCUT2D eigenvalue weighted by molar-refractivity contribution is 5.54. The Hall–Kier alpha value is -1.02. The van der Waals surface area contributed by atoms with Crippen LogP contribution < -0.4 is 4.90 Å². The minimum atomic E-state index is 0.315. The van der Waals surface area contributed by atoms with E-state index < -0.39 is 0 Å². The van der Waals surface area contributed by atoms with Crippen LogP contribution in [0, 0.1) is 0 Å². The third-order valence-electron chi connectivity index (χ3n) is 3.29. The number of hydrogen-bond acceptors (Lipinski definition) is 2. The molecule has 1 aliphatic rings. The molecule has 2 rings (SSSR count). The molecule has 0 saturated carbocycles. The van der Waals surface area contributed by atoms with E-state index in [2.05, 4.69) is 29.2 Å². The molecule has 2 nitrogen and oxygen atoms in total. The maximum Gasteiger partial charge on any atom is 0.0431 e. The standard InChI is InChI=1S/C14H21NO/c16-12-6-5-11-15-10-4-3-8-13-7-1-2-9-14(13)15/h1-2,7,9,16H,3-6,8,10-12H2. The van der Waals surface area contributed by atoms with E-state index in [1.165, 1.54) is 37.1 Å². The van der Waals surface area contributed by atoms with Crippen molar-refractivity contribution in [1.29, 1.82) is 0 Å². The van der Waals surface area contributed by atoms with Crippen molar-refractivity contribution in [2.45, 2.75) is 32.1 Å². The van der Waals surface area contributed by atoms with Gasteiger partial charge >= 0.3 is 0 Å². The molecule has 0 amide bonds. The maximum absolute atomic E-state index is 8.83. The largest absolute Gasteiger partial charge is 0.396 e. The summed E-state index contributed by atoms with van der Waals surface area (Å²) in [6.45, 7) is 2.56. The number of benzene rings is 1. The summed E-state index contributed by atoms with van der Waals surface area (Å²) in [6, 6.07) is 8.75. The molecule has 0 atom stereocenters.